The number of sulfone groups is 1. The lowest BCUT2D eigenvalue weighted by molar-refractivity contribution is -0.137. The van der Waals surface area contributed by atoms with Gasteiger partial charge in [-0.3, -0.25) is 4.79 Å². The minimum absolute atomic E-state index is 0.116. The summed E-state index contributed by atoms with van der Waals surface area (Å²) in [6.07, 6.45) is -3.33. The summed E-state index contributed by atoms with van der Waals surface area (Å²) in [6.45, 7) is -0.0203. The first-order valence-electron chi connectivity index (χ1n) is 8.96. The minimum atomic E-state index is -4.42. The minimum Gasteiger partial charge on any atom is -0.340 e. The number of imidazole rings is 1. The van der Waals surface area contributed by atoms with Gasteiger partial charge in [0, 0.05) is 19.8 Å². The van der Waals surface area contributed by atoms with E-state index in [-0.39, 0.29) is 30.6 Å². The second-order valence-electron chi connectivity index (χ2n) is 7.12. The van der Waals surface area contributed by atoms with Gasteiger partial charge in [-0.05, 0) is 29.8 Å². The van der Waals surface area contributed by atoms with E-state index in [1.165, 1.54) is 24.1 Å². The van der Waals surface area contributed by atoms with E-state index in [1.54, 1.807) is 28.8 Å². The third kappa shape index (κ3) is 5.18. The van der Waals surface area contributed by atoms with Crippen molar-refractivity contribution in [2.75, 3.05) is 13.3 Å². The van der Waals surface area contributed by atoms with E-state index in [0.717, 1.165) is 18.4 Å². The summed E-state index contributed by atoms with van der Waals surface area (Å²) in [6, 6.07) is 11.6. The summed E-state index contributed by atoms with van der Waals surface area (Å²) in [5.41, 5.74) is 1.00. The van der Waals surface area contributed by atoms with Crippen LogP contribution >= 0.6 is 0 Å². The molecule has 0 aliphatic heterocycles. The Balaban J connectivity index is 1.79. The van der Waals surface area contributed by atoms with E-state index in [4.69, 9.17) is 0 Å². The molecule has 1 heterocycles. The van der Waals surface area contributed by atoms with Crippen molar-refractivity contribution in [2.24, 2.45) is 0 Å². The van der Waals surface area contributed by atoms with Crippen molar-refractivity contribution in [3.63, 3.8) is 0 Å². The first kappa shape index (κ1) is 21.8. The molecule has 0 spiro atoms. The molecule has 0 fully saturated rings. The lowest BCUT2D eigenvalue weighted by atomic mass is 10.1. The van der Waals surface area contributed by atoms with Gasteiger partial charge in [0.05, 0.1) is 16.6 Å². The summed E-state index contributed by atoms with van der Waals surface area (Å²) in [4.78, 5) is 18.5. The standard InChI is InChI=1S/C20H20F3N3O3S/c1-25(11-14-7-9-15(10-8-14)20(21,22)23)19(27)12-26-17-6-4-3-5-16(17)24-18(26)13-30(2,28)29/h3-10H,11-13H2,1-2H3. The number of amides is 1. The molecule has 10 heteroatoms. The van der Waals surface area contributed by atoms with Gasteiger partial charge in [0.15, 0.2) is 9.84 Å². The van der Waals surface area contributed by atoms with E-state index >= 15 is 0 Å². The van der Waals surface area contributed by atoms with Gasteiger partial charge in [-0.25, -0.2) is 13.4 Å². The predicted octanol–water partition coefficient (Wildman–Crippen LogP) is 3.26. The molecule has 6 nitrogen and oxygen atoms in total. The molecule has 0 bridgehead atoms. The van der Waals surface area contributed by atoms with E-state index in [1.807, 2.05) is 0 Å². The number of rotatable bonds is 6. The maximum Gasteiger partial charge on any atom is 0.416 e. The smallest absolute Gasteiger partial charge is 0.340 e. The molecule has 30 heavy (non-hydrogen) atoms. The van der Waals surface area contributed by atoms with Crippen LogP contribution in [0.4, 0.5) is 13.2 Å². The molecule has 2 aromatic carbocycles. The van der Waals surface area contributed by atoms with Gasteiger partial charge >= 0.3 is 6.18 Å². The zero-order valence-corrected chi connectivity index (χ0v) is 17.2. The van der Waals surface area contributed by atoms with E-state index in [2.05, 4.69) is 4.98 Å². The van der Waals surface area contributed by atoms with Crippen LogP contribution in [-0.2, 0) is 39.7 Å². The largest absolute Gasteiger partial charge is 0.416 e. The lowest BCUT2D eigenvalue weighted by Crippen LogP contribution is -2.30. The van der Waals surface area contributed by atoms with Crippen molar-refractivity contribution < 1.29 is 26.4 Å². The van der Waals surface area contributed by atoms with Crippen LogP contribution in [0.15, 0.2) is 48.5 Å². The summed E-state index contributed by atoms with van der Waals surface area (Å²) < 4.78 is 63.1. The fourth-order valence-electron chi connectivity index (χ4n) is 3.06. The van der Waals surface area contributed by atoms with Crippen LogP contribution in [0.1, 0.15) is 17.0 Å². The fourth-order valence-corrected chi connectivity index (χ4v) is 3.75. The maximum absolute atomic E-state index is 12.8. The number of likely N-dealkylation sites (N-methyl/N-ethyl adjacent to an activating group) is 1. The second kappa shape index (κ2) is 8.10. The molecule has 3 aromatic rings. The number of hydrogen-bond acceptors (Lipinski definition) is 4. The zero-order valence-electron chi connectivity index (χ0n) is 16.3. The number of aromatic nitrogens is 2. The Labute approximate surface area is 171 Å². The molecule has 0 radical (unpaired) electrons. The molecule has 0 atom stereocenters. The van der Waals surface area contributed by atoms with E-state index in [0.29, 0.717) is 16.6 Å². The summed E-state index contributed by atoms with van der Waals surface area (Å²) in [7, 11) is -1.83. The highest BCUT2D eigenvalue weighted by atomic mass is 32.2. The highest BCUT2D eigenvalue weighted by molar-refractivity contribution is 7.89. The average molecular weight is 439 g/mol. The number of halogens is 3. The van der Waals surface area contributed by atoms with Crippen molar-refractivity contribution in [1.82, 2.24) is 14.5 Å². The highest BCUT2D eigenvalue weighted by Crippen LogP contribution is 2.29. The Morgan fingerprint density at radius 2 is 1.73 bits per heavy atom. The van der Waals surface area contributed by atoms with Crippen LogP contribution in [0.3, 0.4) is 0 Å². The fraction of sp³-hybridized carbons (Fsp3) is 0.300. The second-order valence-corrected chi connectivity index (χ2v) is 9.26. The predicted molar refractivity (Wildman–Crippen MR) is 106 cm³/mol. The quantitative estimate of drug-likeness (QED) is 0.591. The van der Waals surface area contributed by atoms with Gasteiger partial charge in [0.1, 0.15) is 18.1 Å². The molecular weight excluding hydrogens is 419 g/mol. The van der Waals surface area contributed by atoms with Crippen molar-refractivity contribution in [2.45, 2.75) is 25.0 Å². The average Bonchev–Trinajstić information content (AvgIpc) is 2.97. The van der Waals surface area contributed by atoms with Crippen LogP contribution < -0.4 is 0 Å². The number of hydrogen-bond donors (Lipinski definition) is 0. The molecule has 1 aromatic heterocycles. The van der Waals surface area contributed by atoms with Gasteiger partial charge in [-0.2, -0.15) is 13.2 Å². The Bertz CT molecular complexity index is 1170. The van der Waals surface area contributed by atoms with Gasteiger partial charge in [-0.15, -0.1) is 0 Å². The zero-order chi connectivity index (χ0) is 22.1. The Morgan fingerprint density at radius 1 is 1.10 bits per heavy atom. The molecule has 0 aliphatic carbocycles. The third-order valence-electron chi connectivity index (χ3n) is 4.55. The van der Waals surface area contributed by atoms with Crippen molar-refractivity contribution in [3.05, 3.63) is 65.5 Å². The molecule has 1 amide bonds. The van der Waals surface area contributed by atoms with Gasteiger partial charge < -0.3 is 9.47 Å². The Morgan fingerprint density at radius 3 is 2.33 bits per heavy atom. The SMILES string of the molecule is CN(Cc1ccc(C(F)(F)F)cc1)C(=O)Cn1c(CS(C)(=O)=O)nc2ccccc21. The number of carbonyl (C=O) groups is 1. The highest BCUT2D eigenvalue weighted by Gasteiger charge is 2.30. The van der Waals surface area contributed by atoms with Gasteiger partial charge in [0.25, 0.3) is 0 Å². The van der Waals surface area contributed by atoms with Crippen LogP contribution in [-0.4, -0.2) is 42.1 Å². The van der Waals surface area contributed by atoms with Crippen molar-refractivity contribution >= 4 is 26.8 Å². The molecule has 0 N–H and O–H groups in total. The number of para-hydroxylation sites is 2. The van der Waals surface area contributed by atoms with Crippen LogP contribution in [0.25, 0.3) is 11.0 Å². The Kier molecular flexibility index (Phi) is 5.89. The topological polar surface area (TPSA) is 72.3 Å². The number of nitrogens with zero attached hydrogens (tertiary/aromatic N) is 3. The molecule has 160 valence electrons. The summed E-state index contributed by atoms with van der Waals surface area (Å²) in [5.74, 6) is -0.375. The van der Waals surface area contributed by atoms with Crippen molar-refractivity contribution in [3.8, 4) is 0 Å². The number of fused-ring (bicyclic) bond motifs is 1. The molecule has 3 rings (SSSR count). The molecule has 0 saturated heterocycles. The van der Waals surface area contributed by atoms with Crippen molar-refractivity contribution in [1.29, 1.82) is 0 Å². The first-order valence-corrected chi connectivity index (χ1v) is 11.0. The Hall–Kier alpha value is -2.88. The molecule has 0 unspecified atom stereocenters. The molecular formula is C20H20F3N3O3S. The monoisotopic (exact) mass is 439 g/mol. The summed E-state index contributed by atoms with van der Waals surface area (Å²) >= 11 is 0. The maximum atomic E-state index is 12.8. The number of alkyl halides is 3. The summed E-state index contributed by atoms with van der Waals surface area (Å²) in [5, 5.41) is 0. The normalized spacial score (nSPS) is 12.3. The van der Waals surface area contributed by atoms with Crippen LogP contribution in [0.5, 0.6) is 0 Å². The molecule has 0 saturated carbocycles. The van der Waals surface area contributed by atoms with Crippen LogP contribution in [0.2, 0.25) is 0 Å². The molecule has 0 aliphatic rings. The first-order chi connectivity index (χ1) is 13.9. The third-order valence-corrected chi connectivity index (χ3v) is 5.33. The lowest BCUT2D eigenvalue weighted by Gasteiger charge is -2.19. The van der Waals surface area contributed by atoms with Crippen LogP contribution in [0, 0.1) is 0 Å². The number of benzene rings is 2. The van der Waals surface area contributed by atoms with E-state index in [9.17, 15) is 26.4 Å². The van der Waals surface area contributed by atoms with Gasteiger partial charge in [-0.1, -0.05) is 24.3 Å². The number of carbonyl (C=O) groups excluding carboxylic acids is 1. The van der Waals surface area contributed by atoms with Gasteiger partial charge in [0.2, 0.25) is 5.91 Å². The van der Waals surface area contributed by atoms with E-state index < -0.39 is 21.6 Å².